The quantitative estimate of drug-likeness (QED) is 0.919. The van der Waals surface area contributed by atoms with Gasteiger partial charge in [0.2, 0.25) is 5.91 Å². The van der Waals surface area contributed by atoms with Crippen molar-refractivity contribution < 1.29 is 18.0 Å². The highest BCUT2D eigenvalue weighted by Crippen LogP contribution is 2.51. The second-order valence-electron chi connectivity index (χ2n) is 6.77. The zero-order chi connectivity index (χ0) is 17.8. The molecule has 0 aliphatic heterocycles. The molecule has 0 unspecified atom stereocenters. The van der Waals surface area contributed by atoms with Gasteiger partial charge in [0.1, 0.15) is 5.82 Å². The van der Waals surface area contributed by atoms with Crippen LogP contribution >= 0.6 is 0 Å². The first-order chi connectivity index (χ1) is 11.9. The Morgan fingerprint density at radius 1 is 1.28 bits per heavy atom. The standard InChI is InChI=1S/C18H18F3N3O/c1-24-16(11-6-4-8-15(11)23-24)22-17(25)13-9-12(13)10-5-2-3-7-14(10)18(19,20)21/h2-3,5,7,12-13H,4,6,8-9H2,1H3,(H,22,25)/t12-,13+/m1/s1. The Morgan fingerprint density at radius 3 is 2.80 bits per heavy atom. The number of nitrogens with zero attached hydrogens (tertiary/aromatic N) is 2. The van der Waals surface area contributed by atoms with Crippen LogP contribution in [0.15, 0.2) is 24.3 Å². The molecular weight excluding hydrogens is 331 g/mol. The van der Waals surface area contributed by atoms with Gasteiger partial charge in [-0.15, -0.1) is 0 Å². The van der Waals surface area contributed by atoms with Gasteiger partial charge in [-0.1, -0.05) is 18.2 Å². The topological polar surface area (TPSA) is 46.9 Å². The third kappa shape index (κ3) is 2.81. The number of hydrogen-bond donors (Lipinski definition) is 1. The molecule has 1 N–H and O–H groups in total. The highest BCUT2D eigenvalue weighted by molar-refractivity contribution is 5.95. The van der Waals surface area contributed by atoms with Gasteiger partial charge in [-0.05, 0) is 43.2 Å². The molecule has 1 amide bonds. The molecule has 4 rings (SSSR count). The summed E-state index contributed by atoms with van der Waals surface area (Å²) in [6.45, 7) is 0. The molecule has 1 heterocycles. The molecule has 25 heavy (non-hydrogen) atoms. The summed E-state index contributed by atoms with van der Waals surface area (Å²) in [5.41, 5.74) is 1.64. The van der Waals surface area contributed by atoms with E-state index in [9.17, 15) is 18.0 Å². The van der Waals surface area contributed by atoms with E-state index < -0.39 is 17.7 Å². The van der Waals surface area contributed by atoms with Crippen LogP contribution in [0.5, 0.6) is 0 Å². The number of nitrogens with one attached hydrogen (secondary N) is 1. The molecule has 1 saturated carbocycles. The molecule has 1 aromatic heterocycles. The first-order valence-electron chi connectivity index (χ1n) is 8.38. The van der Waals surface area contributed by atoms with E-state index in [0.29, 0.717) is 12.2 Å². The number of carbonyl (C=O) groups is 1. The number of hydrogen-bond acceptors (Lipinski definition) is 2. The van der Waals surface area contributed by atoms with Crippen molar-refractivity contribution in [3.8, 4) is 0 Å². The number of fused-ring (bicyclic) bond motifs is 1. The van der Waals surface area contributed by atoms with Crippen molar-refractivity contribution >= 4 is 11.7 Å². The molecule has 0 saturated heterocycles. The van der Waals surface area contributed by atoms with Crippen LogP contribution < -0.4 is 5.32 Å². The minimum absolute atomic E-state index is 0.213. The number of alkyl halides is 3. The van der Waals surface area contributed by atoms with E-state index >= 15 is 0 Å². The largest absolute Gasteiger partial charge is 0.416 e. The van der Waals surface area contributed by atoms with Gasteiger partial charge in [0.05, 0.1) is 11.3 Å². The fourth-order valence-corrected chi connectivity index (χ4v) is 3.79. The van der Waals surface area contributed by atoms with Gasteiger partial charge in [0, 0.05) is 18.5 Å². The summed E-state index contributed by atoms with van der Waals surface area (Å²) in [4.78, 5) is 12.5. The zero-order valence-electron chi connectivity index (χ0n) is 13.7. The summed E-state index contributed by atoms with van der Waals surface area (Å²) in [7, 11) is 1.78. The average molecular weight is 349 g/mol. The van der Waals surface area contributed by atoms with E-state index in [-0.39, 0.29) is 17.4 Å². The van der Waals surface area contributed by atoms with Crippen LogP contribution in [-0.2, 0) is 30.9 Å². The van der Waals surface area contributed by atoms with E-state index in [1.807, 2.05) is 0 Å². The Balaban J connectivity index is 1.52. The lowest BCUT2D eigenvalue weighted by molar-refractivity contribution is -0.138. The molecule has 7 heteroatoms. The van der Waals surface area contributed by atoms with Crippen molar-refractivity contribution in [3.63, 3.8) is 0 Å². The maximum absolute atomic E-state index is 13.2. The van der Waals surface area contributed by atoms with E-state index in [2.05, 4.69) is 10.4 Å². The molecule has 1 aromatic carbocycles. The summed E-state index contributed by atoms with van der Waals surface area (Å²) in [5.74, 6) is -0.332. The molecule has 2 aliphatic rings. The highest BCUT2D eigenvalue weighted by atomic mass is 19.4. The van der Waals surface area contributed by atoms with Crippen molar-refractivity contribution in [3.05, 3.63) is 46.6 Å². The van der Waals surface area contributed by atoms with Crippen molar-refractivity contribution in [2.45, 2.75) is 37.8 Å². The van der Waals surface area contributed by atoms with E-state index in [1.54, 1.807) is 17.8 Å². The minimum atomic E-state index is -4.40. The number of halogens is 3. The van der Waals surface area contributed by atoms with Gasteiger partial charge in [-0.25, -0.2) is 0 Å². The zero-order valence-corrected chi connectivity index (χ0v) is 13.7. The Bertz CT molecular complexity index is 841. The lowest BCUT2D eigenvalue weighted by Crippen LogP contribution is -2.18. The minimum Gasteiger partial charge on any atom is -0.310 e. The Labute approximate surface area is 143 Å². The van der Waals surface area contributed by atoms with Crippen LogP contribution in [0.1, 0.15) is 41.1 Å². The van der Waals surface area contributed by atoms with Gasteiger partial charge in [-0.2, -0.15) is 18.3 Å². The van der Waals surface area contributed by atoms with Gasteiger partial charge in [-0.3, -0.25) is 9.48 Å². The number of amides is 1. The third-order valence-corrected chi connectivity index (χ3v) is 5.10. The van der Waals surface area contributed by atoms with Crippen LogP contribution in [0.3, 0.4) is 0 Å². The number of anilines is 1. The monoisotopic (exact) mass is 349 g/mol. The number of carbonyl (C=O) groups excluding carboxylic acids is 1. The SMILES string of the molecule is Cn1nc2c(c1NC(=O)[C@H]1C[C@@H]1c1ccccc1C(F)(F)F)CCC2. The maximum atomic E-state index is 13.2. The van der Waals surface area contributed by atoms with Crippen molar-refractivity contribution in [2.75, 3.05) is 5.32 Å². The predicted molar refractivity (Wildman–Crippen MR) is 86.2 cm³/mol. The highest BCUT2D eigenvalue weighted by Gasteiger charge is 2.48. The van der Waals surface area contributed by atoms with Gasteiger partial charge < -0.3 is 5.32 Å². The second kappa shape index (κ2) is 5.61. The lowest BCUT2D eigenvalue weighted by Gasteiger charge is -2.12. The summed E-state index contributed by atoms with van der Waals surface area (Å²) in [6.07, 6.45) is -1.15. The van der Waals surface area contributed by atoms with Crippen LogP contribution in [0.4, 0.5) is 19.0 Å². The summed E-state index contributed by atoms with van der Waals surface area (Å²) >= 11 is 0. The fourth-order valence-electron chi connectivity index (χ4n) is 3.79. The number of rotatable bonds is 3. The smallest absolute Gasteiger partial charge is 0.310 e. The van der Waals surface area contributed by atoms with Crippen molar-refractivity contribution in [2.24, 2.45) is 13.0 Å². The fraction of sp³-hybridized carbons (Fsp3) is 0.444. The van der Waals surface area contributed by atoms with E-state index in [4.69, 9.17) is 0 Å². The summed E-state index contributed by atoms with van der Waals surface area (Å²) < 4.78 is 41.1. The summed E-state index contributed by atoms with van der Waals surface area (Å²) in [5, 5.41) is 7.29. The van der Waals surface area contributed by atoms with Gasteiger partial charge in [0.25, 0.3) is 0 Å². The molecule has 0 bridgehead atoms. The normalized spacial score (nSPS) is 21.9. The Morgan fingerprint density at radius 2 is 2.04 bits per heavy atom. The first-order valence-corrected chi connectivity index (χ1v) is 8.38. The predicted octanol–water partition coefficient (Wildman–Crippen LogP) is 3.67. The van der Waals surface area contributed by atoms with Crippen LogP contribution in [0, 0.1) is 5.92 Å². The second-order valence-corrected chi connectivity index (χ2v) is 6.77. The molecule has 1 fully saturated rings. The molecule has 2 aliphatic carbocycles. The lowest BCUT2D eigenvalue weighted by atomic mass is 10.0. The summed E-state index contributed by atoms with van der Waals surface area (Å²) in [6, 6.07) is 5.52. The molecular formula is C18H18F3N3O. The van der Waals surface area contributed by atoms with Crippen LogP contribution in [-0.4, -0.2) is 15.7 Å². The molecule has 0 spiro atoms. The molecule has 2 atom stereocenters. The van der Waals surface area contributed by atoms with Crippen LogP contribution in [0.25, 0.3) is 0 Å². The maximum Gasteiger partial charge on any atom is 0.416 e. The number of aryl methyl sites for hydroxylation is 2. The van der Waals surface area contributed by atoms with Crippen LogP contribution in [0.2, 0.25) is 0 Å². The molecule has 2 aromatic rings. The first kappa shape index (κ1) is 16.2. The van der Waals surface area contributed by atoms with Crippen molar-refractivity contribution in [1.29, 1.82) is 0 Å². The van der Waals surface area contributed by atoms with E-state index in [0.717, 1.165) is 36.6 Å². The Kier molecular flexibility index (Phi) is 3.63. The Hall–Kier alpha value is -2.31. The van der Waals surface area contributed by atoms with Crippen molar-refractivity contribution in [1.82, 2.24) is 9.78 Å². The van der Waals surface area contributed by atoms with Gasteiger partial charge in [0.15, 0.2) is 0 Å². The van der Waals surface area contributed by atoms with Gasteiger partial charge >= 0.3 is 6.18 Å². The molecule has 0 radical (unpaired) electrons. The molecule has 4 nitrogen and oxygen atoms in total. The van der Waals surface area contributed by atoms with E-state index in [1.165, 1.54) is 12.1 Å². The number of aromatic nitrogens is 2. The third-order valence-electron chi connectivity index (χ3n) is 5.10. The number of benzene rings is 1. The average Bonchev–Trinajstić information content (AvgIpc) is 3.15. The molecule has 132 valence electrons.